The Hall–Kier alpha value is -1.77. The molecule has 30 heavy (non-hydrogen) atoms. The van der Waals surface area contributed by atoms with Gasteiger partial charge in [-0.1, -0.05) is 27.7 Å². The first-order valence-corrected chi connectivity index (χ1v) is 11.5. The number of carbonyl (C=O) groups is 3. The van der Waals surface area contributed by atoms with Crippen LogP contribution in [0.3, 0.4) is 0 Å². The molecule has 2 heterocycles. The second kappa shape index (κ2) is 7.43. The summed E-state index contributed by atoms with van der Waals surface area (Å²) in [6, 6.07) is 3.33. The number of carbonyl (C=O) groups excluding carboxylic acids is 3. The van der Waals surface area contributed by atoms with Gasteiger partial charge in [0.15, 0.2) is 6.23 Å². The third-order valence-corrected chi connectivity index (χ3v) is 6.68. The molecule has 0 saturated carbocycles. The molecular formula is C22H22Br2N2O4. The van der Waals surface area contributed by atoms with Crippen molar-refractivity contribution in [3.63, 3.8) is 0 Å². The van der Waals surface area contributed by atoms with Crippen LogP contribution in [0.15, 0.2) is 21.1 Å². The molecule has 2 aromatic carbocycles. The standard InChI is InChI=1S/C22H22Br2N2O4/c1-9(2)7-25-19(27)11-5-14(24)18-16-12(6-13(23)17(15(11)16)21(25)29)20(28)26(22(18)30)8-10(3)4/h5-6,9-10,19,27H,7-8H2,1-4H3. The van der Waals surface area contributed by atoms with Crippen LogP contribution in [0.1, 0.15) is 70.6 Å². The number of halogens is 2. The number of imide groups is 1. The number of rotatable bonds is 4. The van der Waals surface area contributed by atoms with E-state index in [1.54, 1.807) is 12.1 Å². The van der Waals surface area contributed by atoms with E-state index in [0.29, 0.717) is 55.1 Å². The van der Waals surface area contributed by atoms with E-state index < -0.39 is 6.23 Å². The fourth-order valence-electron chi connectivity index (χ4n) is 4.29. The van der Waals surface area contributed by atoms with E-state index >= 15 is 0 Å². The minimum absolute atomic E-state index is 0.113. The van der Waals surface area contributed by atoms with Crippen LogP contribution in [0.25, 0.3) is 10.8 Å². The summed E-state index contributed by atoms with van der Waals surface area (Å²) in [4.78, 5) is 42.5. The van der Waals surface area contributed by atoms with Crippen molar-refractivity contribution in [2.24, 2.45) is 11.8 Å². The van der Waals surface area contributed by atoms with Crippen LogP contribution in [-0.4, -0.2) is 45.7 Å². The molecule has 0 fully saturated rings. The number of aliphatic hydroxyl groups is 1. The highest BCUT2D eigenvalue weighted by Crippen LogP contribution is 2.46. The van der Waals surface area contributed by atoms with Gasteiger partial charge in [0.2, 0.25) is 0 Å². The molecule has 2 aliphatic heterocycles. The predicted octanol–water partition coefficient (Wildman–Crippen LogP) is 4.72. The van der Waals surface area contributed by atoms with Crippen molar-refractivity contribution in [3.8, 4) is 0 Å². The maximum atomic E-state index is 13.3. The average molecular weight is 538 g/mol. The van der Waals surface area contributed by atoms with Gasteiger partial charge in [-0.3, -0.25) is 19.3 Å². The first-order chi connectivity index (χ1) is 14.0. The summed E-state index contributed by atoms with van der Waals surface area (Å²) in [7, 11) is 0. The Morgan fingerprint density at radius 3 is 2.03 bits per heavy atom. The number of aliphatic hydroxyl groups excluding tert-OH is 1. The quantitative estimate of drug-likeness (QED) is 0.572. The molecule has 1 unspecified atom stereocenters. The Morgan fingerprint density at radius 1 is 0.867 bits per heavy atom. The van der Waals surface area contributed by atoms with Crippen LogP contribution < -0.4 is 0 Å². The van der Waals surface area contributed by atoms with Gasteiger partial charge >= 0.3 is 0 Å². The zero-order valence-corrected chi connectivity index (χ0v) is 20.3. The van der Waals surface area contributed by atoms with E-state index in [9.17, 15) is 19.5 Å². The zero-order chi connectivity index (χ0) is 22.1. The lowest BCUT2D eigenvalue weighted by atomic mass is 9.85. The first-order valence-electron chi connectivity index (χ1n) is 9.88. The van der Waals surface area contributed by atoms with Crippen LogP contribution in [-0.2, 0) is 0 Å². The van der Waals surface area contributed by atoms with Crippen LogP contribution >= 0.6 is 31.9 Å². The summed E-state index contributed by atoms with van der Waals surface area (Å²) in [5.41, 5.74) is 1.60. The maximum absolute atomic E-state index is 13.3. The van der Waals surface area contributed by atoms with Crippen molar-refractivity contribution in [1.29, 1.82) is 0 Å². The van der Waals surface area contributed by atoms with Crippen molar-refractivity contribution in [1.82, 2.24) is 9.80 Å². The van der Waals surface area contributed by atoms with Gasteiger partial charge in [-0.05, 0) is 55.8 Å². The summed E-state index contributed by atoms with van der Waals surface area (Å²) in [6.07, 6.45) is -1.15. The van der Waals surface area contributed by atoms with Gasteiger partial charge in [-0.25, -0.2) is 0 Å². The number of benzene rings is 2. The number of amides is 3. The molecule has 6 nitrogen and oxygen atoms in total. The van der Waals surface area contributed by atoms with E-state index in [4.69, 9.17) is 0 Å². The molecular weight excluding hydrogens is 516 g/mol. The van der Waals surface area contributed by atoms with Gasteiger partial charge in [0.05, 0.1) is 11.1 Å². The van der Waals surface area contributed by atoms with Gasteiger partial charge in [0.1, 0.15) is 0 Å². The molecule has 0 saturated heterocycles. The Labute approximate surface area is 191 Å². The van der Waals surface area contributed by atoms with Crippen molar-refractivity contribution < 1.29 is 19.5 Å². The lowest BCUT2D eigenvalue weighted by molar-refractivity contribution is -0.000171. The van der Waals surface area contributed by atoms with E-state index in [2.05, 4.69) is 31.9 Å². The molecule has 0 aliphatic carbocycles. The van der Waals surface area contributed by atoms with E-state index in [1.807, 2.05) is 27.7 Å². The second-order valence-corrected chi connectivity index (χ2v) is 10.4. The molecule has 0 radical (unpaired) electrons. The van der Waals surface area contributed by atoms with Crippen LogP contribution in [0, 0.1) is 11.8 Å². The van der Waals surface area contributed by atoms with Gasteiger partial charge in [-0.15, -0.1) is 0 Å². The minimum atomic E-state index is -1.15. The van der Waals surface area contributed by atoms with Crippen molar-refractivity contribution in [2.75, 3.05) is 13.1 Å². The number of hydrogen-bond donors (Lipinski definition) is 1. The summed E-state index contributed by atoms with van der Waals surface area (Å²) < 4.78 is 0.987. The maximum Gasteiger partial charge on any atom is 0.262 e. The normalized spacial score (nSPS) is 18.4. The molecule has 8 heteroatoms. The molecule has 1 atom stereocenters. The van der Waals surface area contributed by atoms with Crippen molar-refractivity contribution >= 4 is 60.4 Å². The second-order valence-electron chi connectivity index (χ2n) is 8.69. The molecule has 0 spiro atoms. The fourth-order valence-corrected chi connectivity index (χ4v) is 5.50. The number of nitrogens with zero attached hydrogens (tertiary/aromatic N) is 2. The third-order valence-electron chi connectivity index (χ3n) is 5.43. The molecule has 2 aromatic rings. The zero-order valence-electron chi connectivity index (χ0n) is 17.1. The van der Waals surface area contributed by atoms with Gasteiger partial charge < -0.3 is 10.0 Å². The average Bonchev–Trinajstić information content (AvgIpc) is 2.65. The lowest BCUT2D eigenvalue weighted by Gasteiger charge is -2.37. The topological polar surface area (TPSA) is 77.9 Å². The Morgan fingerprint density at radius 2 is 1.43 bits per heavy atom. The summed E-state index contributed by atoms with van der Waals surface area (Å²) in [6.45, 7) is 8.52. The van der Waals surface area contributed by atoms with Crippen molar-refractivity contribution in [3.05, 3.63) is 43.3 Å². The van der Waals surface area contributed by atoms with Crippen LogP contribution in [0.5, 0.6) is 0 Å². The minimum Gasteiger partial charge on any atom is -0.369 e. The molecule has 3 amide bonds. The Bertz CT molecular complexity index is 1130. The highest BCUT2D eigenvalue weighted by Gasteiger charge is 2.42. The Kier molecular flexibility index (Phi) is 5.31. The molecule has 0 bridgehead atoms. The predicted molar refractivity (Wildman–Crippen MR) is 120 cm³/mol. The first kappa shape index (κ1) is 21.5. The van der Waals surface area contributed by atoms with Gasteiger partial charge in [0.25, 0.3) is 17.7 Å². The fraction of sp³-hybridized carbons (Fsp3) is 0.409. The summed E-state index contributed by atoms with van der Waals surface area (Å²) >= 11 is 6.96. The van der Waals surface area contributed by atoms with Crippen LogP contribution in [0.4, 0.5) is 0 Å². The van der Waals surface area contributed by atoms with Crippen molar-refractivity contribution in [2.45, 2.75) is 33.9 Å². The molecule has 0 aromatic heterocycles. The van der Waals surface area contributed by atoms with Gasteiger partial charge in [0, 0.05) is 43.9 Å². The lowest BCUT2D eigenvalue weighted by Crippen LogP contribution is -2.44. The highest BCUT2D eigenvalue weighted by molar-refractivity contribution is 9.10. The largest absolute Gasteiger partial charge is 0.369 e. The molecule has 2 aliphatic rings. The van der Waals surface area contributed by atoms with E-state index in [0.717, 1.165) is 0 Å². The SMILES string of the molecule is CC(C)CN1C(=O)c2cc(Br)c3c4c(cc(Br)c(c24)C1=O)C(O)N(CC(C)C)C3=O. The van der Waals surface area contributed by atoms with E-state index in [1.165, 1.54) is 9.80 Å². The van der Waals surface area contributed by atoms with E-state index in [-0.39, 0.29) is 29.6 Å². The summed E-state index contributed by atoms with van der Waals surface area (Å²) in [5, 5.41) is 11.9. The highest BCUT2D eigenvalue weighted by atomic mass is 79.9. The smallest absolute Gasteiger partial charge is 0.262 e. The third kappa shape index (κ3) is 3.03. The number of hydrogen-bond acceptors (Lipinski definition) is 4. The van der Waals surface area contributed by atoms with Gasteiger partial charge in [-0.2, -0.15) is 0 Å². The summed E-state index contributed by atoms with van der Waals surface area (Å²) in [5.74, 6) is -0.820. The Balaban J connectivity index is 2.06. The molecule has 4 rings (SSSR count). The molecule has 1 N–H and O–H groups in total. The monoisotopic (exact) mass is 536 g/mol. The molecule has 158 valence electrons. The van der Waals surface area contributed by atoms with Crippen LogP contribution in [0.2, 0.25) is 0 Å².